The minimum Gasteiger partial charge on any atom is -0.493 e. The lowest BCUT2D eigenvalue weighted by Gasteiger charge is -2.23. The fraction of sp³-hybridized carbons (Fsp3) is 0.526. The molecule has 1 amide bonds. The number of aromatic nitrogens is 2. The molecule has 8 heteroatoms. The zero-order valence-corrected chi connectivity index (χ0v) is 16.7. The van der Waals surface area contributed by atoms with Gasteiger partial charge in [0.05, 0.1) is 19.5 Å². The van der Waals surface area contributed by atoms with Crippen LogP contribution in [0.25, 0.3) is 11.5 Å². The summed E-state index contributed by atoms with van der Waals surface area (Å²) < 4.78 is 16.3. The Morgan fingerprint density at radius 2 is 1.93 bits per heavy atom. The van der Waals surface area contributed by atoms with Crippen LogP contribution in [0.2, 0.25) is 0 Å². The third kappa shape index (κ3) is 4.94. The molecular weight excluding hydrogens is 366 g/mol. The number of thioether (sulfide) groups is 1. The summed E-state index contributed by atoms with van der Waals surface area (Å²) in [5.74, 6) is 1.60. The summed E-state index contributed by atoms with van der Waals surface area (Å²) in [7, 11) is 3.15. The monoisotopic (exact) mass is 391 g/mol. The molecule has 0 aliphatic heterocycles. The minimum absolute atomic E-state index is 0.0118. The van der Waals surface area contributed by atoms with E-state index < -0.39 is 0 Å². The maximum absolute atomic E-state index is 12.4. The van der Waals surface area contributed by atoms with Crippen molar-refractivity contribution < 1.29 is 18.7 Å². The molecule has 1 aliphatic carbocycles. The average Bonchev–Trinajstić information content (AvgIpc) is 3.16. The Balaban J connectivity index is 1.62. The molecule has 2 aromatic rings. The van der Waals surface area contributed by atoms with Crippen LogP contribution in [0.3, 0.4) is 0 Å². The number of carbonyl (C=O) groups excluding carboxylic acids is 1. The maximum Gasteiger partial charge on any atom is 0.277 e. The second-order valence-corrected chi connectivity index (χ2v) is 7.84. The van der Waals surface area contributed by atoms with Crippen molar-refractivity contribution in [3.8, 4) is 23.0 Å². The van der Waals surface area contributed by atoms with E-state index in [1.165, 1.54) is 31.0 Å². The molecule has 1 aliphatic rings. The first kappa shape index (κ1) is 19.5. The van der Waals surface area contributed by atoms with Crippen molar-refractivity contribution in [2.24, 2.45) is 0 Å². The van der Waals surface area contributed by atoms with Gasteiger partial charge in [-0.3, -0.25) is 4.79 Å². The zero-order chi connectivity index (χ0) is 19.2. The van der Waals surface area contributed by atoms with Crippen LogP contribution in [0, 0.1) is 0 Å². The molecule has 1 heterocycles. The Morgan fingerprint density at radius 1 is 1.19 bits per heavy atom. The van der Waals surface area contributed by atoms with E-state index in [9.17, 15) is 4.79 Å². The smallest absolute Gasteiger partial charge is 0.277 e. The van der Waals surface area contributed by atoms with Crippen LogP contribution >= 0.6 is 11.8 Å². The van der Waals surface area contributed by atoms with E-state index in [0.717, 1.165) is 18.4 Å². The third-order valence-corrected chi connectivity index (χ3v) is 5.57. The number of methoxy groups -OCH3 is 2. The van der Waals surface area contributed by atoms with Crippen LogP contribution in [0.1, 0.15) is 39.0 Å². The van der Waals surface area contributed by atoms with Gasteiger partial charge in [0.25, 0.3) is 5.22 Å². The molecule has 1 aromatic carbocycles. The van der Waals surface area contributed by atoms with Crippen molar-refractivity contribution in [1.82, 2.24) is 15.5 Å². The van der Waals surface area contributed by atoms with Crippen molar-refractivity contribution in [2.75, 3.05) is 14.2 Å². The normalized spacial score (nSPS) is 16.0. The van der Waals surface area contributed by atoms with E-state index in [2.05, 4.69) is 15.5 Å². The second-order valence-electron chi connectivity index (χ2n) is 6.55. The van der Waals surface area contributed by atoms with Crippen LogP contribution in [0.4, 0.5) is 0 Å². The molecule has 1 N–H and O–H groups in total. The molecule has 1 aromatic heterocycles. The van der Waals surface area contributed by atoms with Gasteiger partial charge < -0.3 is 19.2 Å². The molecule has 146 valence electrons. The molecule has 7 nitrogen and oxygen atoms in total. The highest BCUT2D eigenvalue weighted by Crippen LogP contribution is 2.33. The number of nitrogens with zero attached hydrogens (tertiary/aromatic N) is 2. The fourth-order valence-electron chi connectivity index (χ4n) is 3.11. The van der Waals surface area contributed by atoms with E-state index in [0.29, 0.717) is 28.7 Å². The van der Waals surface area contributed by atoms with Gasteiger partial charge >= 0.3 is 0 Å². The van der Waals surface area contributed by atoms with Gasteiger partial charge in [0.1, 0.15) is 0 Å². The Hall–Kier alpha value is -2.22. The fourth-order valence-corrected chi connectivity index (χ4v) is 3.81. The van der Waals surface area contributed by atoms with Crippen LogP contribution in [-0.2, 0) is 4.79 Å². The van der Waals surface area contributed by atoms with Crippen LogP contribution in [0.15, 0.2) is 27.8 Å². The van der Waals surface area contributed by atoms with Crippen molar-refractivity contribution >= 4 is 17.7 Å². The summed E-state index contributed by atoms with van der Waals surface area (Å²) in [6, 6.07) is 5.67. The Labute approximate surface area is 163 Å². The molecule has 0 spiro atoms. The Morgan fingerprint density at radius 3 is 2.63 bits per heavy atom. The standard InChI is InChI=1S/C19H25N3O4S/c1-12(17(23)20-14-7-5-4-6-8-14)27-19-22-21-18(26-19)13-9-10-15(24-2)16(11-13)25-3/h9-12,14H,4-8H2,1-3H3,(H,20,23). The van der Waals surface area contributed by atoms with E-state index in [-0.39, 0.29) is 11.2 Å². The highest BCUT2D eigenvalue weighted by Gasteiger charge is 2.22. The highest BCUT2D eigenvalue weighted by molar-refractivity contribution is 8.00. The summed E-state index contributed by atoms with van der Waals surface area (Å²) in [6.45, 7) is 1.85. The van der Waals surface area contributed by atoms with Gasteiger partial charge in [-0.2, -0.15) is 0 Å². The van der Waals surface area contributed by atoms with Crippen LogP contribution < -0.4 is 14.8 Å². The SMILES string of the molecule is COc1ccc(-c2nnc(SC(C)C(=O)NC3CCCCC3)o2)cc1OC. The lowest BCUT2D eigenvalue weighted by molar-refractivity contribution is -0.121. The summed E-state index contributed by atoms with van der Waals surface area (Å²) in [5.41, 5.74) is 0.728. The first-order chi connectivity index (χ1) is 13.1. The van der Waals surface area contributed by atoms with Gasteiger partial charge in [-0.25, -0.2) is 0 Å². The van der Waals surface area contributed by atoms with E-state index in [1.807, 2.05) is 13.0 Å². The molecule has 3 rings (SSSR count). The molecule has 1 unspecified atom stereocenters. The summed E-state index contributed by atoms with van der Waals surface area (Å²) >= 11 is 1.27. The maximum atomic E-state index is 12.4. The van der Waals surface area contributed by atoms with Gasteiger partial charge in [0.2, 0.25) is 11.8 Å². The Bertz CT molecular complexity index is 774. The molecule has 0 bridgehead atoms. The van der Waals surface area contributed by atoms with E-state index >= 15 is 0 Å². The molecule has 1 fully saturated rings. The minimum atomic E-state index is -0.300. The molecular formula is C19H25N3O4S. The number of carbonyl (C=O) groups is 1. The van der Waals surface area contributed by atoms with Gasteiger partial charge in [-0.15, -0.1) is 10.2 Å². The predicted molar refractivity (Wildman–Crippen MR) is 103 cm³/mol. The van der Waals surface area contributed by atoms with E-state index in [4.69, 9.17) is 13.9 Å². The van der Waals surface area contributed by atoms with E-state index in [1.54, 1.807) is 26.4 Å². The first-order valence-electron chi connectivity index (χ1n) is 9.13. The lowest BCUT2D eigenvalue weighted by Crippen LogP contribution is -2.40. The van der Waals surface area contributed by atoms with Crippen molar-refractivity contribution in [1.29, 1.82) is 0 Å². The van der Waals surface area contributed by atoms with Gasteiger partial charge in [0, 0.05) is 11.6 Å². The lowest BCUT2D eigenvalue weighted by atomic mass is 9.95. The highest BCUT2D eigenvalue weighted by atomic mass is 32.2. The quantitative estimate of drug-likeness (QED) is 0.720. The van der Waals surface area contributed by atoms with Crippen LogP contribution in [-0.4, -0.2) is 41.6 Å². The molecule has 27 heavy (non-hydrogen) atoms. The average molecular weight is 391 g/mol. The molecule has 1 atom stereocenters. The van der Waals surface area contributed by atoms with Crippen molar-refractivity contribution in [2.45, 2.75) is 55.5 Å². The molecule has 0 radical (unpaired) electrons. The summed E-state index contributed by atoms with van der Waals surface area (Å²) in [5, 5.41) is 11.3. The van der Waals surface area contributed by atoms with Crippen molar-refractivity contribution in [3.05, 3.63) is 18.2 Å². The zero-order valence-electron chi connectivity index (χ0n) is 15.9. The molecule has 0 saturated heterocycles. The third-order valence-electron chi connectivity index (χ3n) is 4.64. The largest absolute Gasteiger partial charge is 0.493 e. The number of hydrogen-bond acceptors (Lipinski definition) is 7. The number of amides is 1. The van der Waals surface area contributed by atoms with Crippen molar-refractivity contribution in [3.63, 3.8) is 0 Å². The first-order valence-corrected chi connectivity index (χ1v) is 10.0. The van der Waals surface area contributed by atoms with Crippen LogP contribution in [0.5, 0.6) is 11.5 Å². The number of benzene rings is 1. The summed E-state index contributed by atoms with van der Waals surface area (Å²) in [6.07, 6.45) is 5.76. The van der Waals surface area contributed by atoms with Gasteiger partial charge in [-0.05, 0) is 38.0 Å². The number of hydrogen-bond donors (Lipinski definition) is 1. The number of ether oxygens (including phenoxy) is 2. The van der Waals surface area contributed by atoms with Gasteiger partial charge in [0.15, 0.2) is 11.5 Å². The molecule has 1 saturated carbocycles. The van der Waals surface area contributed by atoms with Gasteiger partial charge in [-0.1, -0.05) is 31.0 Å². The second kappa shape index (κ2) is 9.12. The summed E-state index contributed by atoms with van der Waals surface area (Å²) in [4.78, 5) is 12.4. The topological polar surface area (TPSA) is 86.5 Å². The predicted octanol–water partition coefficient (Wildman–Crippen LogP) is 3.68. The number of rotatable bonds is 7. The number of nitrogens with one attached hydrogen (secondary N) is 1. The Kier molecular flexibility index (Phi) is 6.60.